The van der Waals surface area contributed by atoms with E-state index < -0.39 is 0 Å². The lowest BCUT2D eigenvalue weighted by molar-refractivity contribution is -0.277. The zero-order chi connectivity index (χ0) is 20.3. The molecule has 7 rings (SSSR count). The van der Waals surface area contributed by atoms with E-state index in [1.807, 2.05) is 31.3 Å². The largest absolute Gasteiger partial charge is 0.345 e. The van der Waals surface area contributed by atoms with Crippen LogP contribution >= 0.6 is 0 Å². The van der Waals surface area contributed by atoms with Crippen molar-refractivity contribution in [2.24, 2.45) is 17.3 Å². The predicted molar refractivity (Wildman–Crippen MR) is 113 cm³/mol. The molecule has 2 aromatic rings. The second-order valence-corrected chi connectivity index (χ2v) is 10.6. The molecule has 1 spiro atoms. The van der Waals surface area contributed by atoms with Gasteiger partial charge in [-0.15, -0.1) is 0 Å². The minimum Gasteiger partial charge on any atom is -0.345 e. The Morgan fingerprint density at radius 1 is 1.13 bits per heavy atom. The Hall–Kier alpha value is -2.27. The van der Waals surface area contributed by atoms with E-state index in [2.05, 4.69) is 34.3 Å². The van der Waals surface area contributed by atoms with Crippen LogP contribution in [0.5, 0.6) is 0 Å². The Balaban J connectivity index is 1.24. The molecule has 1 aliphatic heterocycles. The van der Waals surface area contributed by atoms with E-state index in [0.717, 1.165) is 36.9 Å². The SMILES string of the molecule is Cc1cccc(C(=O)NC23CC4CC5(N6Cc7ncccc7C6C)CC(C2)C35C4)n1. The van der Waals surface area contributed by atoms with Crippen LogP contribution in [0.4, 0.5) is 0 Å². The molecule has 4 saturated carbocycles. The second kappa shape index (κ2) is 5.31. The number of aryl methyl sites for hydroxylation is 1. The van der Waals surface area contributed by atoms with Crippen molar-refractivity contribution >= 4 is 5.91 Å². The molecule has 2 aromatic heterocycles. The van der Waals surface area contributed by atoms with E-state index in [4.69, 9.17) is 4.98 Å². The third-order valence-electron chi connectivity index (χ3n) is 9.62. The molecule has 4 fully saturated rings. The molecule has 154 valence electrons. The highest BCUT2D eigenvalue weighted by molar-refractivity contribution is 5.93. The smallest absolute Gasteiger partial charge is 0.270 e. The maximum atomic E-state index is 13.2. The summed E-state index contributed by atoms with van der Waals surface area (Å²) in [7, 11) is 0. The molecule has 1 amide bonds. The van der Waals surface area contributed by atoms with Gasteiger partial charge in [0.05, 0.1) is 5.69 Å². The van der Waals surface area contributed by atoms with Crippen molar-refractivity contribution in [2.45, 2.75) is 69.6 Å². The quantitative estimate of drug-likeness (QED) is 0.852. The van der Waals surface area contributed by atoms with Crippen LogP contribution in [0, 0.1) is 24.2 Å². The molecule has 5 aliphatic rings. The van der Waals surface area contributed by atoms with Gasteiger partial charge in [-0.3, -0.25) is 14.7 Å². The Kier molecular flexibility index (Phi) is 3.08. The summed E-state index contributed by atoms with van der Waals surface area (Å²) in [6.07, 6.45) is 8.10. The van der Waals surface area contributed by atoms with Gasteiger partial charge in [-0.25, -0.2) is 4.98 Å². The number of hydrogen-bond donors (Lipinski definition) is 1. The molecule has 5 heteroatoms. The monoisotopic (exact) mass is 400 g/mol. The highest BCUT2D eigenvalue weighted by atomic mass is 16.2. The fraction of sp³-hybridized carbons (Fsp3) is 0.560. The molecule has 6 atom stereocenters. The molecule has 3 heterocycles. The average Bonchev–Trinajstić information content (AvgIpc) is 3.31. The molecule has 30 heavy (non-hydrogen) atoms. The lowest BCUT2D eigenvalue weighted by atomic mass is 9.31. The van der Waals surface area contributed by atoms with Gasteiger partial charge in [0.25, 0.3) is 5.91 Å². The van der Waals surface area contributed by atoms with Gasteiger partial charge in [0.2, 0.25) is 0 Å². The molecule has 4 aliphatic carbocycles. The molecular weight excluding hydrogens is 372 g/mol. The number of pyridine rings is 2. The molecule has 0 saturated heterocycles. The molecule has 5 nitrogen and oxygen atoms in total. The van der Waals surface area contributed by atoms with Crippen LogP contribution in [0.3, 0.4) is 0 Å². The van der Waals surface area contributed by atoms with Crippen LogP contribution in [-0.2, 0) is 6.54 Å². The zero-order valence-electron chi connectivity index (χ0n) is 17.7. The Morgan fingerprint density at radius 3 is 2.83 bits per heavy atom. The van der Waals surface area contributed by atoms with Crippen molar-refractivity contribution in [3.05, 3.63) is 59.2 Å². The van der Waals surface area contributed by atoms with Gasteiger partial charge in [-0.05, 0) is 81.5 Å². The topological polar surface area (TPSA) is 58.1 Å². The summed E-state index contributed by atoms with van der Waals surface area (Å²) < 4.78 is 0. The fourth-order valence-electron chi connectivity index (χ4n) is 8.90. The van der Waals surface area contributed by atoms with E-state index in [1.165, 1.54) is 30.5 Å². The van der Waals surface area contributed by atoms with Crippen molar-refractivity contribution in [3.63, 3.8) is 0 Å². The first kappa shape index (κ1) is 17.4. The molecule has 2 bridgehead atoms. The first-order chi connectivity index (χ1) is 14.5. The van der Waals surface area contributed by atoms with Gasteiger partial charge in [-0.2, -0.15) is 0 Å². The van der Waals surface area contributed by atoms with Crippen LogP contribution < -0.4 is 5.32 Å². The maximum Gasteiger partial charge on any atom is 0.270 e. The highest BCUT2D eigenvalue weighted by Crippen LogP contribution is 2.86. The summed E-state index contributed by atoms with van der Waals surface area (Å²) in [6.45, 7) is 5.26. The van der Waals surface area contributed by atoms with Gasteiger partial charge < -0.3 is 5.32 Å². The van der Waals surface area contributed by atoms with Crippen molar-refractivity contribution in [3.8, 4) is 0 Å². The highest BCUT2D eigenvalue weighted by Gasteiger charge is 2.88. The van der Waals surface area contributed by atoms with Gasteiger partial charge in [0.15, 0.2) is 0 Å². The fourth-order valence-corrected chi connectivity index (χ4v) is 8.90. The van der Waals surface area contributed by atoms with Crippen LogP contribution in [0.25, 0.3) is 0 Å². The number of nitrogens with zero attached hydrogens (tertiary/aromatic N) is 3. The standard InChI is InChI=1S/C25H28N4O/c1-15-5-3-7-20(27-15)22(30)28-23-9-17-10-24(13-18(12-23)25(23,24)11-17)29-14-21-19(16(29)2)6-4-8-26-21/h3-8,16-18H,9-14H2,1-2H3,(H,28,30). The number of nitrogens with one attached hydrogen (secondary N) is 1. The third kappa shape index (κ3) is 1.75. The van der Waals surface area contributed by atoms with Gasteiger partial charge in [0, 0.05) is 41.0 Å². The Bertz CT molecular complexity index is 1100. The number of rotatable bonds is 3. The number of hydrogen-bond acceptors (Lipinski definition) is 4. The first-order valence-electron chi connectivity index (χ1n) is 11.4. The lowest BCUT2D eigenvalue weighted by Gasteiger charge is -2.80. The maximum absolute atomic E-state index is 13.2. The van der Waals surface area contributed by atoms with Crippen LogP contribution in [0.1, 0.15) is 72.5 Å². The average molecular weight is 401 g/mol. The van der Waals surface area contributed by atoms with Crippen molar-refractivity contribution in [1.29, 1.82) is 0 Å². The lowest BCUT2D eigenvalue weighted by Crippen LogP contribution is -2.86. The van der Waals surface area contributed by atoms with Gasteiger partial charge in [-0.1, -0.05) is 12.1 Å². The van der Waals surface area contributed by atoms with Crippen molar-refractivity contribution < 1.29 is 4.79 Å². The molecule has 0 aromatic carbocycles. The van der Waals surface area contributed by atoms with E-state index in [1.54, 1.807) is 0 Å². The molecule has 1 N–H and O–H groups in total. The summed E-state index contributed by atoms with van der Waals surface area (Å²) >= 11 is 0. The molecule has 6 unspecified atom stereocenters. The van der Waals surface area contributed by atoms with Crippen LogP contribution in [0.15, 0.2) is 36.5 Å². The summed E-state index contributed by atoms with van der Waals surface area (Å²) in [5.41, 5.74) is 4.54. The Morgan fingerprint density at radius 2 is 2.03 bits per heavy atom. The van der Waals surface area contributed by atoms with E-state index >= 15 is 0 Å². The zero-order valence-corrected chi connectivity index (χ0v) is 17.7. The van der Waals surface area contributed by atoms with Crippen LogP contribution in [-0.4, -0.2) is 31.9 Å². The van der Waals surface area contributed by atoms with Gasteiger partial charge >= 0.3 is 0 Å². The van der Waals surface area contributed by atoms with Gasteiger partial charge in [0.1, 0.15) is 5.69 Å². The minimum atomic E-state index is -0.0384. The van der Waals surface area contributed by atoms with Crippen LogP contribution in [0.2, 0.25) is 0 Å². The predicted octanol–water partition coefficient (Wildman–Crippen LogP) is 3.79. The summed E-state index contributed by atoms with van der Waals surface area (Å²) in [6, 6.07) is 10.5. The summed E-state index contributed by atoms with van der Waals surface area (Å²) in [5, 5.41) is 3.56. The second-order valence-electron chi connectivity index (χ2n) is 10.6. The van der Waals surface area contributed by atoms with Crippen molar-refractivity contribution in [1.82, 2.24) is 20.2 Å². The summed E-state index contributed by atoms with van der Waals surface area (Å²) in [4.78, 5) is 25.2. The Labute approximate surface area is 177 Å². The van der Waals surface area contributed by atoms with E-state index in [-0.39, 0.29) is 22.4 Å². The van der Waals surface area contributed by atoms with E-state index in [9.17, 15) is 4.79 Å². The number of amides is 1. The number of carbonyl (C=O) groups is 1. The molecule has 0 radical (unpaired) electrons. The third-order valence-corrected chi connectivity index (χ3v) is 9.62. The number of aromatic nitrogens is 2. The normalized spacial score (nSPS) is 42.3. The van der Waals surface area contributed by atoms with E-state index in [0.29, 0.717) is 11.7 Å². The number of carbonyl (C=O) groups excluding carboxylic acids is 1. The van der Waals surface area contributed by atoms with Crippen molar-refractivity contribution in [2.75, 3.05) is 0 Å². The first-order valence-corrected chi connectivity index (χ1v) is 11.4. The minimum absolute atomic E-state index is 0.0132. The number of fused-ring (bicyclic) bond motifs is 2. The molecular formula is C25H28N4O. The summed E-state index contributed by atoms with van der Waals surface area (Å²) in [5.74, 6) is 1.51.